The summed E-state index contributed by atoms with van der Waals surface area (Å²) in [6, 6.07) is 8.26. The summed E-state index contributed by atoms with van der Waals surface area (Å²) < 4.78 is 0. The van der Waals surface area contributed by atoms with Gasteiger partial charge in [0.05, 0.1) is 21.8 Å². The number of rotatable bonds is 3. The first kappa shape index (κ1) is 14.1. The van der Waals surface area contributed by atoms with Gasteiger partial charge in [-0.3, -0.25) is 14.6 Å². The number of anilines is 1. The van der Waals surface area contributed by atoms with Crippen molar-refractivity contribution < 1.29 is 9.59 Å². The number of carbonyl (C=O) groups excluding carboxylic acids is 2. The van der Waals surface area contributed by atoms with Gasteiger partial charge in [0, 0.05) is 17.8 Å². The molecule has 0 aliphatic rings. The van der Waals surface area contributed by atoms with Crippen molar-refractivity contribution in [2.24, 2.45) is 5.73 Å². The topological polar surface area (TPSA) is 101 Å². The van der Waals surface area contributed by atoms with E-state index in [4.69, 9.17) is 17.3 Å². The zero-order valence-electron chi connectivity index (χ0n) is 11.3. The number of aromatic amines is 1. The highest BCUT2D eigenvalue weighted by Gasteiger charge is 2.14. The van der Waals surface area contributed by atoms with Crippen molar-refractivity contribution in [3.8, 4) is 0 Å². The number of amides is 2. The van der Waals surface area contributed by atoms with Crippen molar-refractivity contribution >= 4 is 40.0 Å². The van der Waals surface area contributed by atoms with Gasteiger partial charge in [0.15, 0.2) is 0 Å². The number of aromatic nitrogens is 2. The minimum absolute atomic E-state index is 0.217. The summed E-state index contributed by atoms with van der Waals surface area (Å²) in [6.45, 7) is 0. The number of hydrogen-bond donors (Lipinski definition) is 3. The van der Waals surface area contributed by atoms with Gasteiger partial charge in [0.25, 0.3) is 11.8 Å². The van der Waals surface area contributed by atoms with Gasteiger partial charge in [-0.05, 0) is 30.3 Å². The predicted octanol–water partition coefficient (Wildman–Crippen LogP) is 2.57. The Balaban J connectivity index is 1.95. The fourth-order valence-corrected chi connectivity index (χ4v) is 2.34. The molecule has 2 heterocycles. The Morgan fingerprint density at radius 2 is 2.09 bits per heavy atom. The van der Waals surface area contributed by atoms with Crippen LogP contribution in [0.5, 0.6) is 0 Å². The average molecular weight is 315 g/mol. The summed E-state index contributed by atoms with van der Waals surface area (Å²) in [5, 5.41) is 3.91. The Labute approximate surface area is 130 Å². The van der Waals surface area contributed by atoms with Crippen LogP contribution in [0.4, 0.5) is 5.69 Å². The molecule has 0 saturated heterocycles. The smallest absolute Gasteiger partial charge is 0.265 e. The van der Waals surface area contributed by atoms with Gasteiger partial charge in [-0.1, -0.05) is 11.6 Å². The number of hydrogen-bond acceptors (Lipinski definition) is 3. The van der Waals surface area contributed by atoms with Gasteiger partial charge < -0.3 is 16.0 Å². The van der Waals surface area contributed by atoms with Crippen LogP contribution in [0.25, 0.3) is 10.9 Å². The van der Waals surface area contributed by atoms with Crippen LogP contribution < -0.4 is 11.1 Å². The van der Waals surface area contributed by atoms with Crippen molar-refractivity contribution in [2.45, 2.75) is 0 Å². The number of benzene rings is 1. The molecule has 0 aliphatic carbocycles. The summed E-state index contributed by atoms with van der Waals surface area (Å²) in [4.78, 5) is 30.3. The number of pyridine rings is 1. The zero-order valence-corrected chi connectivity index (χ0v) is 12.0. The Morgan fingerprint density at radius 3 is 2.82 bits per heavy atom. The van der Waals surface area contributed by atoms with Crippen LogP contribution in [0.2, 0.25) is 5.02 Å². The summed E-state index contributed by atoms with van der Waals surface area (Å²) >= 11 is 6.10. The highest BCUT2D eigenvalue weighted by Crippen LogP contribution is 2.25. The van der Waals surface area contributed by atoms with Crippen molar-refractivity contribution in [1.82, 2.24) is 9.97 Å². The van der Waals surface area contributed by atoms with E-state index in [2.05, 4.69) is 15.3 Å². The Bertz CT molecular complexity index is 888. The quantitative estimate of drug-likeness (QED) is 0.692. The number of carbonyl (C=O) groups is 2. The number of halogens is 1. The van der Waals surface area contributed by atoms with E-state index in [1.54, 1.807) is 30.5 Å². The molecule has 22 heavy (non-hydrogen) atoms. The molecule has 3 rings (SSSR count). The van der Waals surface area contributed by atoms with E-state index in [0.29, 0.717) is 27.2 Å². The van der Waals surface area contributed by atoms with Gasteiger partial charge in [-0.2, -0.15) is 0 Å². The monoisotopic (exact) mass is 314 g/mol. The van der Waals surface area contributed by atoms with Gasteiger partial charge in [-0.25, -0.2) is 0 Å². The second kappa shape index (κ2) is 5.50. The van der Waals surface area contributed by atoms with Crippen LogP contribution in [0.1, 0.15) is 20.8 Å². The van der Waals surface area contributed by atoms with E-state index in [0.717, 1.165) is 0 Å². The molecule has 0 unspecified atom stereocenters. The Kier molecular flexibility index (Phi) is 3.52. The molecule has 0 aliphatic heterocycles. The molecule has 2 amide bonds. The lowest BCUT2D eigenvalue weighted by Crippen LogP contribution is -2.13. The van der Waals surface area contributed by atoms with Crippen molar-refractivity contribution in [3.63, 3.8) is 0 Å². The maximum atomic E-state index is 12.4. The maximum absolute atomic E-state index is 12.4. The number of primary amides is 1. The van der Waals surface area contributed by atoms with E-state index in [1.165, 1.54) is 12.3 Å². The molecule has 0 radical (unpaired) electrons. The summed E-state index contributed by atoms with van der Waals surface area (Å²) in [7, 11) is 0. The average Bonchev–Trinajstić information content (AvgIpc) is 2.96. The molecule has 7 heteroatoms. The normalized spacial score (nSPS) is 10.6. The van der Waals surface area contributed by atoms with Crippen LogP contribution in [0.15, 0.2) is 42.7 Å². The first-order valence-electron chi connectivity index (χ1n) is 6.39. The van der Waals surface area contributed by atoms with E-state index < -0.39 is 5.91 Å². The zero-order chi connectivity index (χ0) is 15.7. The fourth-order valence-electron chi connectivity index (χ4n) is 2.13. The minimum atomic E-state index is -0.598. The lowest BCUT2D eigenvalue weighted by molar-refractivity contribution is 0.0993. The van der Waals surface area contributed by atoms with Gasteiger partial charge in [0.1, 0.15) is 5.69 Å². The van der Waals surface area contributed by atoms with Crippen LogP contribution in [-0.4, -0.2) is 21.8 Å². The second-order valence-electron chi connectivity index (χ2n) is 4.61. The second-order valence-corrected chi connectivity index (χ2v) is 5.02. The minimum Gasteiger partial charge on any atom is -0.364 e. The largest absolute Gasteiger partial charge is 0.364 e. The van der Waals surface area contributed by atoms with Crippen LogP contribution >= 0.6 is 11.6 Å². The van der Waals surface area contributed by atoms with Gasteiger partial charge in [-0.15, -0.1) is 0 Å². The van der Waals surface area contributed by atoms with Crippen LogP contribution in [0.3, 0.4) is 0 Å². The summed E-state index contributed by atoms with van der Waals surface area (Å²) in [6.07, 6.45) is 3.08. The number of nitrogens with zero attached hydrogens (tertiary/aromatic N) is 1. The summed E-state index contributed by atoms with van der Waals surface area (Å²) in [5.41, 5.74) is 6.71. The molecule has 0 saturated carbocycles. The Morgan fingerprint density at radius 1 is 1.27 bits per heavy atom. The third-order valence-corrected chi connectivity index (χ3v) is 3.50. The molecule has 0 fully saturated rings. The summed E-state index contributed by atoms with van der Waals surface area (Å²) in [5.74, 6) is -0.950. The number of fused-ring (bicyclic) bond motifs is 1. The predicted molar refractivity (Wildman–Crippen MR) is 84.0 cm³/mol. The highest BCUT2D eigenvalue weighted by molar-refractivity contribution is 6.36. The molecule has 0 spiro atoms. The lowest BCUT2D eigenvalue weighted by Gasteiger charge is -2.07. The van der Waals surface area contributed by atoms with Crippen molar-refractivity contribution in [1.29, 1.82) is 0 Å². The van der Waals surface area contributed by atoms with Crippen LogP contribution in [0, 0.1) is 0 Å². The van der Waals surface area contributed by atoms with Gasteiger partial charge >= 0.3 is 0 Å². The number of H-pyrrole nitrogens is 1. The molecular weight excluding hydrogens is 304 g/mol. The number of nitrogens with one attached hydrogen (secondary N) is 2. The molecular formula is C15H11ClN4O2. The molecule has 110 valence electrons. The first-order chi connectivity index (χ1) is 10.6. The first-order valence-corrected chi connectivity index (χ1v) is 6.77. The fraction of sp³-hybridized carbons (Fsp3) is 0. The van der Waals surface area contributed by atoms with E-state index in [9.17, 15) is 9.59 Å². The molecule has 0 bridgehead atoms. The molecule has 0 atom stereocenters. The van der Waals surface area contributed by atoms with E-state index in [1.807, 2.05) is 0 Å². The standard InChI is InChI=1S/C15H11ClN4O2/c16-11-4-3-10(13-9(11)2-1-5-18-13)15(22)20-8-6-12(14(17)21)19-7-8/h1-7,19H,(H2,17,21)(H,20,22). The van der Waals surface area contributed by atoms with E-state index >= 15 is 0 Å². The third kappa shape index (κ3) is 2.51. The van der Waals surface area contributed by atoms with Crippen molar-refractivity contribution in [2.75, 3.05) is 5.32 Å². The lowest BCUT2D eigenvalue weighted by atomic mass is 10.1. The molecule has 4 N–H and O–H groups in total. The van der Waals surface area contributed by atoms with Crippen molar-refractivity contribution in [3.05, 3.63) is 59.0 Å². The molecule has 1 aromatic carbocycles. The van der Waals surface area contributed by atoms with E-state index in [-0.39, 0.29) is 11.6 Å². The van der Waals surface area contributed by atoms with Crippen LogP contribution in [-0.2, 0) is 0 Å². The molecule has 6 nitrogen and oxygen atoms in total. The Hall–Kier alpha value is -2.86. The molecule has 2 aromatic heterocycles. The number of nitrogens with two attached hydrogens (primary N) is 1. The maximum Gasteiger partial charge on any atom is 0.265 e. The third-order valence-electron chi connectivity index (χ3n) is 3.17. The SMILES string of the molecule is NC(=O)c1cc(NC(=O)c2ccc(Cl)c3cccnc23)c[nH]1. The van der Waals surface area contributed by atoms with Gasteiger partial charge in [0.2, 0.25) is 0 Å². The molecule has 3 aromatic rings. The highest BCUT2D eigenvalue weighted by atomic mass is 35.5.